The number of fused-ring (bicyclic) bond motifs is 1. The van der Waals surface area contributed by atoms with Crippen LogP contribution in [0.15, 0.2) is 35.6 Å². The van der Waals surface area contributed by atoms with Crippen LogP contribution in [0.3, 0.4) is 0 Å². The normalized spacial score (nSPS) is 12.9. The summed E-state index contributed by atoms with van der Waals surface area (Å²) in [6.45, 7) is 3.44. The van der Waals surface area contributed by atoms with Gasteiger partial charge in [0.15, 0.2) is 0 Å². The minimum absolute atomic E-state index is 0.00594. The number of aromatic nitrogens is 3. The molecule has 0 saturated heterocycles. The van der Waals surface area contributed by atoms with Gasteiger partial charge in [-0.05, 0) is 25.5 Å². The van der Waals surface area contributed by atoms with E-state index in [-0.39, 0.29) is 17.5 Å². The molecular formula is C16H17N5O3S. The molecule has 0 unspecified atom stereocenters. The van der Waals surface area contributed by atoms with Crippen LogP contribution in [0.5, 0.6) is 0 Å². The van der Waals surface area contributed by atoms with Gasteiger partial charge in [0, 0.05) is 17.8 Å². The Labute approximate surface area is 144 Å². The van der Waals surface area contributed by atoms with Crippen LogP contribution in [0.25, 0.3) is 10.9 Å². The Hall–Kier alpha value is -2.83. The first-order valence-corrected chi connectivity index (χ1v) is 9.04. The number of hydrogen-bond donors (Lipinski definition) is 3. The second-order valence-electron chi connectivity index (χ2n) is 5.79. The fourth-order valence-electron chi connectivity index (χ4n) is 2.58. The first-order valence-electron chi connectivity index (χ1n) is 7.56. The summed E-state index contributed by atoms with van der Waals surface area (Å²) in [5.41, 5.74) is 2.24. The number of hydrogen-bond acceptors (Lipinski definition) is 5. The summed E-state index contributed by atoms with van der Waals surface area (Å²) in [6.07, 6.45) is 4.15. The maximum atomic E-state index is 12.6. The molecule has 3 rings (SSSR count). The van der Waals surface area contributed by atoms with E-state index >= 15 is 0 Å². The number of aromatic amines is 1. The van der Waals surface area contributed by atoms with Crippen LogP contribution in [0.4, 0.5) is 5.69 Å². The number of nitrogens with zero attached hydrogens (tertiary/aromatic N) is 3. The third-order valence-corrected chi connectivity index (χ3v) is 5.33. The van der Waals surface area contributed by atoms with Crippen molar-refractivity contribution in [3.8, 4) is 6.07 Å². The molecule has 1 aromatic carbocycles. The zero-order chi connectivity index (χ0) is 18.2. The van der Waals surface area contributed by atoms with E-state index in [1.165, 1.54) is 17.1 Å². The van der Waals surface area contributed by atoms with Gasteiger partial charge in [-0.15, -0.1) is 0 Å². The van der Waals surface area contributed by atoms with E-state index in [0.29, 0.717) is 22.2 Å². The minimum atomic E-state index is -3.85. The molecule has 0 radical (unpaired) electrons. The van der Waals surface area contributed by atoms with E-state index < -0.39 is 10.0 Å². The molecule has 1 atom stereocenters. The molecule has 3 N–H and O–H groups in total. The van der Waals surface area contributed by atoms with E-state index in [0.717, 1.165) is 5.56 Å². The number of nitriles is 1. The molecular weight excluding hydrogens is 342 g/mol. The molecule has 3 aromatic rings. The zero-order valence-corrected chi connectivity index (χ0v) is 14.5. The molecule has 25 heavy (non-hydrogen) atoms. The van der Waals surface area contributed by atoms with Crippen molar-refractivity contribution in [1.29, 1.82) is 5.26 Å². The predicted molar refractivity (Wildman–Crippen MR) is 92.6 cm³/mol. The highest BCUT2D eigenvalue weighted by Crippen LogP contribution is 2.29. The van der Waals surface area contributed by atoms with Gasteiger partial charge in [0.2, 0.25) is 0 Å². The lowest BCUT2D eigenvalue weighted by Gasteiger charge is -2.09. The highest BCUT2D eigenvalue weighted by Gasteiger charge is 2.20. The zero-order valence-electron chi connectivity index (χ0n) is 13.7. The average molecular weight is 359 g/mol. The topological polar surface area (TPSA) is 124 Å². The first-order chi connectivity index (χ1) is 11.9. The molecule has 2 aromatic heterocycles. The molecule has 0 saturated carbocycles. The highest BCUT2D eigenvalue weighted by atomic mass is 32.2. The number of benzene rings is 1. The van der Waals surface area contributed by atoms with Crippen LogP contribution in [0, 0.1) is 18.3 Å². The quantitative estimate of drug-likeness (QED) is 0.642. The Morgan fingerprint density at radius 3 is 2.92 bits per heavy atom. The van der Waals surface area contributed by atoms with Crippen molar-refractivity contribution in [3.05, 3.63) is 41.9 Å². The van der Waals surface area contributed by atoms with Crippen LogP contribution in [0.2, 0.25) is 0 Å². The highest BCUT2D eigenvalue weighted by molar-refractivity contribution is 7.92. The summed E-state index contributed by atoms with van der Waals surface area (Å²) in [5.74, 6) is 0. The number of aryl methyl sites for hydroxylation is 1. The largest absolute Gasteiger partial charge is 0.394 e. The Morgan fingerprint density at radius 1 is 1.48 bits per heavy atom. The number of anilines is 1. The van der Waals surface area contributed by atoms with Crippen molar-refractivity contribution in [2.45, 2.75) is 24.8 Å². The van der Waals surface area contributed by atoms with E-state index in [4.69, 9.17) is 5.11 Å². The van der Waals surface area contributed by atoms with Crippen LogP contribution in [0.1, 0.15) is 24.1 Å². The van der Waals surface area contributed by atoms with Crippen molar-refractivity contribution in [3.63, 3.8) is 0 Å². The summed E-state index contributed by atoms with van der Waals surface area (Å²) in [5, 5.41) is 23.0. The molecule has 0 aliphatic rings. The number of aliphatic hydroxyl groups excluding tert-OH is 1. The van der Waals surface area contributed by atoms with Crippen LogP contribution in [-0.4, -0.2) is 34.9 Å². The average Bonchev–Trinajstić information content (AvgIpc) is 3.24. The summed E-state index contributed by atoms with van der Waals surface area (Å²) in [4.78, 5) is 2.95. The number of nitrogens with one attached hydrogen (secondary N) is 2. The standard InChI is InChI=1S/C16H17N5O3S/c1-10-3-4-14(16-15(10)12(5-17)6-18-16)20-25(23,24)13-7-19-21(8-13)11(2)9-22/h3-4,6-8,11,18,20,22H,9H2,1-2H3/t11-/m1/s1. The van der Waals surface area contributed by atoms with E-state index in [2.05, 4.69) is 20.9 Å². The van der Waals surface area contributed by atoms with Crippen molar-refractivity contribution in [2.24, 2.45) is 0 Å². The van der Waals surface area contributed by atoms with Crippen LogP contribution in [-0.2, 0) is 10.0 Å². The Kier molecular flexibility index (Phi) is 4.24. The summed E-state index contributed by atoms with van der Waals surface area (Å²) in [6, 6.07) is 5.17. The maximum Gasteiger partial charge on any atom is 0.265 e. The fourth-order valence-corrected chi connectivity index (χ4v) is 3.59. The molecule has 130 valence electrons. The number of sulfonamides is 1. The number of H-pyrrole nitrogens is 1. The lowest BCUT2D eigenvalue weighted by atomic mass is 10.1. The van der Waals surface area contributed by atoms with Crippen molar-refractivity contribution >= 4 is 26.6 Å². The van der Waals surface area contributed by atoms with Crippen molar-refractivity contribution in [1.82, 2.24) is 14.8 Å². The lowest BCUT2D eigenvalue weighted by Crippen LogP contribution is -2.13. The molecule has 0 amide bonds. The molecule has 0 bridgehead atoms. The predicted octanol–water partition coefficient (Wildman–Crippen LogP) is 1.90. The third-order valence-electron chi connectivity index (χ3n) is 4.01. The van der Waals surface area contributed by atoms with E-state index in [9.17, 15) is 13.7 Å². The van der Waals surface area contributed by atoms with Gasteiger partial charge in [0.25, 0.3) is 10.0 Å². The number of aliphatic hydroxyl groups is 1. The smallest absolute Gasteiger partial charge is 0.265 e. The van der Waals surface area contributed by atoms with Gasteiger partial charge in [0.1, 0.15) is 11.0 Å². The van der Waals surface area contributed by atoms with Gasteiger partial charge in [-0.2, -0.15) is 10.4 Å². The van der Waals surface area contributed by atoms with Gasteiger partial charge in [-0.3, -0.25) is 9.40 Å². The van der Waals surface area contributed by atoms with Crippen molar-refractivity contribution in [2.75, 3.05) is 11.3 Å². The Bertz CT molecular complexity index is 1080. The van der Waals surface area contributed by atoms with E-state index in [1.54, 1.807) is 25.3 Å². The van der Waals surface area contributed by atoms with Crippen molar-refractivity contribution < 1.29 is 13.5 Å². The van der Waals surface area contributed by atoms with Gasteiger partial charge >= 0.3 is 0 Å². The monoisotopic (exact) mass is 359 g/mol. The van der Waals surface area contributed by atoms with E-state index in [1.807, 2.05) is 6.92 Å². The second kappa shape index (κ2) is 6.23. The molecule has 2 heterocycles. The second-order valence-corrected chi connectivity index (χ2v) is 7.47. The summed E-state index contributed by atoms with van der Waals surface area (Å²) in [7, 11) is -3.85. The summed E-state index contributed by atoms with van der Waals surface area (Å²) >= 11 is 0. The minimum Gasteiger partial charge on any atom is -0.394 e. The van der Waals surface area contributed by atoms with Crippen LogP contribution < -0.4 is 4.72 Å². The lowest BCUT2D eigenvalue weighted by molar-refractivity contribution is 0.229. The van der Waals surface area contributed by atoms with Gasteiger partial charge in [-0.25, -0.2) is 8.42 Å². The molecule has 0 aliphatic heterocycles. The van der Waals surface area contributed by atoms with Gasteiger partial charge in [0.05, 0.1) is 35.6 Å². The molecule has 0 spiro atoms. The van der Waals surface area contributed by atoms with Gasteiger partial charge < -0.3 is 10.1 Å². The molecule has 9 heteroatoms. The molecule has 0 fully saturated rings. The third kappa shape index (κ3) is 2.97. The Morgan fingerprint density at radius 2 is 2.24 bits per heavy atom. The summed E-state index contributed by atoms with van der Waals surface area (Å²) < 4.78 is 29.2. The molecule has 0 aliphatic carbocycles. The number of rotatable bonds is 5. The Balaban J connectivity index is 2.01. The molecule has 8 nitrogen and oxygen atoms in total. The van der Waals surface area contributed by atoms with Gasteiger partial charge in [-0.1, -0.05) is 6.07 Å². The first kappa shape index (κ1) is 17.0. The maximum absolute atomic E-state index is 12.6. The van der Waals surface area contributed by atoms with Crippen LogP contribution >= 0.6 is 0 Å². The fraction of sp³-hybridized carbons (Fsp3) is 0.250. The SMILES string of the molecule is Cc1ccc(NS(=O)(=O)c2cnn([C@H](C)CO)c2)c2[nH]cc(C#N)c12.